The summed E-state index contributed by atoms with van der Waals surface area (Å²) >= 11 is 6.26. The summed E-state index contributed by atoms with van der Waals surface area (Å²) in [5.41, 5.74) is 5.56. The van der Waals surface area contributed by atoms with Crippen molar-refractivity contribution < 1.29 is 8.91 Å². The number of hydrogen-bond donors (Lipinski definition) is 1. The summed E-state index contributed by atoms with van der Waals surface area (Å²) in [5.74, 6) is 0.624. The summed E-state index contributed by atoms with van der Waals surface area (Å²) in [4.78, 5) is 7.70. The molecule has 0 spiro atoms. The van der Waals surface area contributed by atoms with Crippen LogP contribution >= 0.6 is 11.6 Å². The normalized spacial score (nSPS) is 13.5. The molecule has 0 aliphatic heterocycles. The van der Waals surface area contributed by atoms with Crippen LogP contribution in [-0.4, -0.2) is 15.1 Å². The van der Waals surface area contributed by atoms with Crippen LogP contribution in [0.25, 0.3) is 16.8 Å². The van der Waals surface area contributed by atoms with Gasteiger partial charge in [-0.15, -0.1) is 0 Å². The fraction of sp³-hybridized carbons (Fsp3) is 0.391. The van der Waals surface area contributed by atoms with Gasteiger partial charge in [-0.1, -0.05) is 35.2 Å². The van der Waals surface area contributed by atoms with Crippen molar-refractivity contribution in [3.8, 4) is 11.3 Å². The first-order valence-electron chi connectivity index (χ1n) is 10.3. The van der Waals surface area contributed by atoms with Gasteiger partial charge in [0.25, 0.3) is 0 Å². The molecule has 2 heterocycles. The van der Waals surface area contributed by atoms with Crippen molar-refractivity contribution in [2.45, 2.75) is 57.8 Å². The van der Waals surface area contributed by atoms with Gasteiger partial charge in [-0.25, -0.2) is 9.37 Å². The number of benzene rings is 1. The summed E-state index contributed by atoms with van der Waals surface area (Å²) in [6.07, 6.45) is 11.8. The molecular formula is C23H25ClFN3O. The number of imidazole rings is 1. The van der Waals surface area contributed by atoms with Crippen molar-refractivity contribution in [2.24, 2.45) is 0 Å². The van der Waals surface area contributed by atoms with Crippen LogP contribution in [0.15, 0.2) is 46.7 Å². The van der Waals surface area contributed by atoms with Gasteiger partial charge in [0.1, 0.15) is 23.6 Å². The van der Waals surface area contributed by atoms with E-state index in [0.29, 0.717) is 5.15 Å². The Morgan fingerprint density at radius 3 is 2.55 bits per heavy atom. The summed E-state index contributed by atoms with van der Waals surface area (Å²) in [7, 11) is 0. The maximum Gasteiger partial charge on any atom is 0.155 e. The number of hydrogen-bond acceptors (Lipinski definition) is 3. The van der Waals surface area contributed by atoms with E-state index in [1.165, 1.54) is 43.4 Å². The second-order valence-corrected chi connectivity index (χ2v) is 7.95. The van der Waals surface area contributed by atoms with E-state index in [1.807, 2.05) is 6.07 Å². The second-order valence-electron chi connectivity index (χ2n) is 7.59. The molecule has 0 saturated heterocycles. The van der Waals surface area contributed by atoms with E-state index >= 15 is 0 Å². The van der Waals surface area contributed by atoms with Crippen molar-refractivity contribution in [2.75, 3.05) is 0 Å². The van der Waals surface area contributed by atoms with E-state index in [9.17, 15) is 4.39 Å². The van der Waals surface area contributed by atoms with Gasteiger partial charge in [0.2, 0.25) is 0 Å². The van der Waals surface area contributed by atoms with Crippen LogP contribution in [0.2, 0.25) is 5.15 Å². The maximum absolute atomic E-state index is 13.1. The molecule has 0 unspecified atom stereocenters. The molecule has 4 rings (SSSR count). The SMILES string of the molecule is Fc1ccc(-c2[nH]c(CCCCCCC(=C3CCC3)c3ccon3)nc2Cl)cc1. The van der Waals surface area contributed by atoms with E-state index in [1.54, 1.807) is 24.0 Å². The topological polar surface area (TPSA) is 54.7 Å². The number of aromatic nitrogens is 3. The molecule has 3 aromatic rings. The Morgan fingerprint density at radius 1 is 1.07 bits per heavy atom. The lowest BCUT2D eigenvalue weighted by molar-refractivity contribution is 0.417. The number of aromatic amines is 1. The number of allylic oxidation sites excluding steroid dienone is 2. The molecule has 1 fully saturated rings. The smallest absolute Gasteiger partial charge is 0.155 e. The van der Waals surface area contributed by atoms with Crippen molar-refractivity contribution in [3.05, 3.63) is 64.7 Å². The number of nitrogens with one attached hydrogen (secondary N) is 1. The molecule has 1 N–H and O–H groups in total. The zero-order valence-electron chi connectivity index (χ0n) is 16.4. The minimum atomic E-state index is -0.260. The number of H-pyrrole nitrogens is 1. The Balaban J connectivity index is 1.23. The predicted molar refractivity (Wildman–Crippen MR) is 113 cm³/mol. The molecule has 0 atom stereocenters. The minimum absolute atomic E-state index is 0.260. The quantitative estimate of drug-likeness (QED) is 0.384. The summed E-state index contributed by atoms with van der Waals surface area (Å²) < 4.78 is 18.1. The van der Waals surface area contributed by atoms with Crippen molar-refractivity contribution in [1.82, 2.24) is 15.1 Å². The van der Waals surface area contributed by atoms with E-state index in [2.05, 4.69) is 15.1 Å². The average molecular weight is 414 g/mol. The number of rotatable bonds is 9. The predicted octanol–water partition coefficient (Wildman–Crippen LogP) is 6.99. The lowest BCUT2D eigenvalue weighted by Crippen LogP contribution is -2.02. The summed E-state index contributed by atoms with van der Waals surface area (Å²) in [6.45, 7) is 0. The summed E-state index contributed by atoms with van der Waals surface area (Å²) in [6, 6.07) is 8.25. The van der Waals surface area contributed by atoms with Gasteiger partial charge in [-0.3, -0.25) is 0 Å². The first-order chi connectivity index (χ1) is 14.2. The Morgan fingerprint density at radius 2 is 1.86 bits per heavy atom. The lowest BCUT2D eigenvalue weighted by Gasteiger charge is -2.21. The van der Waals surface area contributed by atoms with Crippen LogP contribution in [0.1, 0.15) is 62.9 Å². The zero-order valence-corrected chi connectivity index (χ0v) is 17.1. The Labute approximate surface area is 175 Å². The van der Waals surface area contributed by atoms with Crippen LogP contribution < -0.4 is 0 Å². The maximum atomic E-state index is 13.1. The highest BCUT2D eigenvalue weighted by molar-refractivity contribution is 6.31. The highest BCUT2D eigenvalue weighted by atomic mass is 35.5. The Bertz CT molecular complexity index is 955. The summed E-state index contributed by atoms with van der Waals surface area (Å²) in [5, 5.41) is 4.58. The largest absolute Gasteiger partial charge is 0.364 e. The molecule has 0 radical (unpaired) electrons. The van der Waals surface area contributed by atoms with E-state index in [0.717, 1.165) is 54.9 Å². The highest BCUT2D eigenvalue weighted by Gasteiger charge is 2.17. The Kier molecular flexibility index (Phi) is 6.45. The third kappa shape index (κ3) is 4.96. The van der Waals surface area contributed by atoms with Gasteiger partial charge in [-0.2, -0.15) is 0 Å². The number of halogens is 2. The van der Waals surface area contributed by atoms with Crippen molar-refractivity contribution in [3.63, 3.8) is 0 Å². The molecule has 0 amide bonds. The first kappa shape index (κ1) is 19.9. The monoisotopic (exact) mass is 413 g/mol. The van der Waals surface area contributed by atoms with Gasteiger partial charge >= 0.3 is 0 Å². The fourth-order valence-corrected chi connectivity index (χ4v) is 4.04. The van der Waals surface area contributed by atoms with Crippen LogP contribution in [0.4, 0.5) is 4.39 Å². The number of nitrogens with zero attached hydrogens (tertiary/aromatic N) is 2. The molecule has 29 heavy (non-hydrogen) atoms. The number of aryl methyl sites for hydroxylation is 1. The van der Waals surface area contributed by atoms with E-state index in [4.69, 9.17) is 16.1 Å². The van der Waals surface area contributed by atoms with E-state index < -0.39 is 0 Å². The molecule has 4 nitrogen and oxygen atoms in total. The minimum Gasteiger partial charge on any atom is -0.364 e. The molecule has 1 aliphatic rings. The standard InChI is InChI=1S/C23H25ClFN3O/c24-23-22(17-10-12-18(25)13-11-17)26-21(27-23)9-4-2-1-3-8-19(16-6-5-7-16)20-14-15-29-28-20/h10-15H,1-9H2,(H,26,27). The van der Waals surface area contributed by atoms with Gasteiger partial charge < -0.3 is 9.51 Å². The third-order valence-corrected chi connectivity index (χ3v) is 5.84. The lowest BCUT2D eigenvalue weighted by atomic mass is 9.85. The zero-order chi connectivity index (χ0) is 20.1. The molecule has 1 aliphatic carbocycles. The van der Waals surface area contributed by atoms with Crippen molar-refractivity contribution >= 4 is 17.2 Å². The van der Waals surface area contributed by atoms with Gasteiger partial charge in [-0.05, 0) is 68.4 Å². The molecule has 6 heteroatoms. The third-order valence-electron chi connectivity index (χ3n) is 5.56. The van der Waals surface area contributed by atoms with Crippen LogP contribution in [-0.2, 0) is 6.42 Å². The first-order valence-corrected chi connectivity index (χ1v) is 10.7. The fourth-order valence-electron chi connectivity index (χ4n) is 3.78. The highest BCUT2D eigenvalue weighted by Crippen LogP contribution is 2.35. The van der Waals surface area contributed by atoms with Crippen LogP contribution in [0.3, 0.4) is 0 Å². The van der Waals surface area contributed by atoms with Gasteiger partial charge in [0, 0.05) is 18.1 Å². The molecule has 0 bridgehead atoms. The van der Waals surface area contributed by atoms with E-state index in [-0.39, 0.29) is 5.82 Å². The molecule has 2 aromatic heterocycles. The molecule has 1 aromatic carbocycles. The number of unbranched alkanes of at least 4 members (excludes halogenated alkanes) is 3. The Hall–Kier alpha value is -2.40. The van der Waals surface area contributed by atoms with Gasteiger partial charge in [0.15, 0.2) is 5.15 Å². The van der Waals surface area contributed by atoms with Crippen molar-refractivity contribution in [1.29, 1.82) is 0 Å². The van der Waals surface area contributed by atoms with Crippen LogP contribution in [0.5, 0.6) is 0 Å². The average Bonchev–Trinajstić information content (AvgIpc) is 3.32. The molecule has 1 saturated carbocycles. The van der Waals surface area contributed by atoms with Gasteiger partial charge in [0.05, 0.1) is 5.69 Å². The molecule has 152 valence electrons. The second kappa shape index (κ2) is 9.40. The van der Waals surface area contributed by atoms with Crippen LogP contribution in [0, 0.1) is 5.82 Å². The molecular weight excluding hydrogens is 389 g/mol.